The summed E-state index contributed by atoms with van der Waals surface area (Å²) in [6, 6.07) is 31.2. The van der Waals surface area contributed by atoms with Crippen molar-refractivity contribution < 1.29 is 0 Å². The Bertz CT molecular complexity index is 1910. The smallest absolute Gasteiger partial charge is 0.0686 e. The van der Waals surface area contributed by atoms with E-state index in [0.717, 1.165) is 30.0 Å². The van der Waals surface area contributed by atoms with E-state index in [-0.39, 0.29) is 0 Å². The maximum absolute atomic E-state index is 6.76. The highest BCUT2D eigenvalue weighted by atomic mass is 15.1. The molecule has 2 aliphatic heterocycles. The number of nitrogens with one attached hydrogen (secondary N) is 1. The van der Waals surface area contributed by atoms with Crippen molar-refractivity contribution in [3.8, 4) is 33.4 Å². The quantitative estimate of drug-likeness (QED) is 0.227. The molecule has 41 heavy (non-hydrogen) atoms. The highest BCUT2D eigenvalue weighted by Gasteiger charge is 2.21. The lowest BCUT2D eigenvalue weighted by atomic mass is 9.88. The van der Waals surface area contributed by atoms with Gasteiger partial charge in [0.25, 0.3) is 0 Å². The van der Waals surface area contributed by atoms with E-state index in [2.05, 4.69) is 133 Å². The van der Waals surface area contributed by atoms with Gasteiger partial charge >= 0.3 is 0 Å². The van der Waals surface area contributed by atoms with E-state index in [9.17, 15) is 0 Å². The minimum Gasteiger partial charge on any atom is -0.397 e. The van der Waals surface area contributed by atoms with E-state index in [1.807, 2.05) is 13.1 Å². The third-order valence-electron chi connectivity index (χ3n) is 8.34. The minimum atomic E-state index is 0.844. The second kappa shape index (κ2) is 10.2. The summed E-state index contributed by atoms with van der Waals surface area (Å²) in [6.45, 7) is 3.76. The second-order valence-electron chi connectivity index (χ2n) is 10.9. The molecule has 3 nitrogen and oxygen atoms in total. The van der Waals surface area contributed by atoms with Crippen molar-refractivity contribution in [3.05, 3.63) is 126 Å². The lowest BCUT2D eigenvalue weighted by Gasteiger charge is -2.28. The number of nitrogen functional groups attached to an aromatic ring is 1. The average molecular weight is 532 g/mol. The zero-order valence-corrected chi connectivity index (χ0v) is 23.5. The molecule has 0 fully saturated rings. The first-order valence-electron chi connectivity index (χ1n) is 14.2. The molecule has 0 aliphatic carbocycles. The topological polar surface area (TPSA) is 41.3 Å². The zero-order chi connectivity index (χ0) is 27.9. The minimum absolute atomic E-state index is 0.844. The number of rotatable bonds is 4. The van der Waals surface area contributed by atoms with Crippen LogP contribution in [0, 0.1) is 0 Å². The van der Waals surface area contributed by atoms with Crippen LogP contribution in [0.25, 0.3) is 62.4 Å². The molecule has 5 aromatic carbocycles. The first kappa shape index (κ1) is 25.0. The SMILES string of the molecule is C/C=C\c1c(N)c2c(c3cc(-c4ccccc4-c4cccc(-c5ccc6c(c5)CNC=C6)c4)ccc13)C=CCN2C. The highest BCUT2D eigenvalue weighted by Crippen LogP contribution is 2.44. The maximum Gasteiger partial charge on any atom is 0.0686 e. The van der Waals surface area contributed by atoms with E-state index in [1.54, 1.807) is 0 Å². The molecule has 2 heterocycles. The summed E-state index contributed by atoms with van der Waals surface area (Å²) in [7, 11) is 2.12. The monoisotopic (exact) mass is 531 g/mol. The highest BCUT2D eigenvalue weighted by molar-refractivity contribution is 6.09. The van der Waals surface area contributed by atoms with Gasteiger partial charge in [0.1, 0.15) is 0 Å². The number of nitrogens with two attached hydrogens (primary N) is 1. The molecule has 0 aromatic heterocycles. The van der Waals surface area contributed by atoms with Crippen molar-refractivity contribution >= 4 is 40.4 Å². The maximum atomic E-state index is 6.76. The molecule has 3 heteroatoms. The summed E-state index contributed by atoms with van der Waals surface area (Å²) in [6.07, 6.45) is 12.8. The Hall–Kier alpha value is -5.02. The lowest BCUT2D eigenvalue weighted by Crippen LogP contribution is -2.22. The van der Waals surface area contributed by atoms with Gasteiger partial charge < -0.3 is 16.0 Å². The predicted octanol–water partition coefficient (Wildman–Crippen LogP) is 8.99. The first-order chi connectivity index (χ1) is 20.1. The Morgan fingerprint density at radius 1 is 0.780 bits per heavy atom. The van der Waals surface area contributed by atoms with Gasteiger partial charge in [0, 0.05) is 31.3 Å². The summed E-state index contributed by atoms with van der Waals surface area (Å²) >= 11 is 0. The Morgan fingerprint density at radius 2 is 1.54 bits per heavy atom. The van der Waals surface area contributed by atoms with Crippen LogP contribution in [0.15, 0.2) is 103 Å². The van der Waals surface area contributed by atoms with Crippen molar-refractivity contribution in [2.75, 3.05) is 24.2 Å². The summed E-state index contributed by atoms with van der Waals surface area (Å²) in [5, 5.41) is 5.74. The van der Waals surface area contributed by atoms with Crippen LogP contribution < -0.4 is 16.0 Å². The largest absolute Gasteiger partial charge is 0.397 e. The molecule has 0 unspecified atom stereocenters. The predicted molar refractivity (Wildman–Crippen MR) is 178 cm³/mol. The van der Waals surface area contributed by atoms with Crippen LogP contribution in [0.2, 0.25) is 0 Å². The van der Waals surface area contributed by atoms with Crippen LogP contribution in [0.5, 0.6) is 0 Å². The van der Waals surface area contributed by atoms with Gasteiger partial charge in [-0.25, -0.2) is 0 Å². The van der Waals surface area contributed by atoms with Gasteiger partial charge in [-0.1, -0.05) is 91.0 Å². The van der Waals surface area contributed by atoms with Gasteiger partial charge in [-0.2, -0.15) is 0 Å². The molecule has 0 spiro atoms. The van der Waals surface area contributed by atoms with Gasteiger partial charge in [0.05, 0.1) is 11.4 Å². The van der Waals surface area contributed by atoms with Gasteiger partial charge in [-0.3, -0.25) is 0 Å². The number of fused-ring (bicyclic) bond motifs is 4. The third-order valence-corrected chi connectivity index (χ3v) is 8.34. The average Bonchev–Trinajstić information content (AvgIpc) is 3.02. The Labute approximate surface area is 242 Å². The van der Waals surface area contributed by atoms with Crippen LogP contribution in [0.4, 0.5) is 11.4 Å². The van der Waals surface area contributed by atoms with Crippen molar-refractivity contribution in [1.82, 2.24) is 5.32 Å². The lowest BCUT2D eigenvalue weighted by molar-refractivity contribution is 0.859. The molecule has 200 valence electrons. The van der Waals surface area contributed by atoms with Crippen LogP contribution in [0.3, 0.4) is 0 Å². The number of anilines is 2. The van der Waals surface area contributed by atoms with Crippen molar-refractivity contribution in [2.45, 2.75) is 13.5 Å². The standard InChI is InChI=1S/C38H33N3/c1-3-8-34-33-17-16-29(23-36(33)35-13-7-20-41(2)38(35)37(34)39)32-12-5-4-11-31(32)28-10-6-9-26(21-28)27-15-14-25-18-19-40-24-30(25)22-27/h3-19,21-23,40H,20,24,39H2,1-2H3/b8-3-. The zero-order valence-electron chi connectivity index (χ0n) is 23.5. The Morgan fingerprint density at radius 3 is 2.37 bits per heavy atom. The van der Waals surface area contributed by atoms with Crippen molar-refractivity contribution in [3.63, 3.8) is 0 Å². The van der Waals surface area contributed by atoms with E-state index in [0.29, 0.717) is 0 Å². The molecular formula is C38H33N3. The first-order valence-corrected chi connectivity index (χ1v) is 14.2. The normalized spacial score (nSPS) is 13.9. The molecule has 3 N–H and O–H groups in total. The summed E-state index contributed by atoms with van der Waals surface area (Å²) in [5.74, 6) is 0. The van der Waals surface area contributed by atoms with Gasteiger partial charge in [0.2, 0.25) is 0 Å². The van der Waals surface area contributed by atoms with Crippen LogP contribution in [0.1, 0.15) is 29.2 Å². The van der Waals surface area contributed by atoms with Gasteiger partial charge in [0.15, 0.2) is 0 Å². The molecule has 0 amide bonds. The van der Waals surface area contributed by atoms with Crippen LogP contribution in [-0.4, -0.2) is 13.6 Å². The summed E-state index contributed by atoms with van der Waals surface area (Å²) in [5.41, 5.74) is 20.9. The fraction of sp³-hybridized carbons (Fsp3) is 0.105. The summed E-state index contributed by atoms with van der Waals surface area (Å²) in [4.78, 5) is 2.25. The number of benzene rings is 5. The summed E-state index contributed by atoms with van der Waals surface area (Å²) < 4.78 is 0. The molecule has 0 bridgehead atoms. The van der Waals surface area contributed by atoms with E-state index in [1.165, 1.54) is 60.8 Å². The van der Waals surface area contributed by atoms with Gasteiger partial charge in [-0.05, 0) is 92.7 Å². The van der Waals surface area contributed by atoms with E-state index < -0.39 is 0 Å². The molecule has 5 aromatic rings. The second-order valence-corrected chi connectivity index (χ2v) is 10.9. The molecular weight excluding hydrogens is 498 g/mol. The molecule has 0 radical (unpaired) electrons. The number of hydrogen-bond donors (Lipinski definition) is 2. The fourth-order valence-corrected chi connectivity index (χ4v) is 6.33. The van der Waals surface area contributed by atoms with Crippen molar-refractivity contribution in [2.24, 2.45) is 0 Å². The van der Waals surface area contributed by atoms with Crippen LogP contribution in [-0.2, 0) is 6.54 Å². The number of likely N-dealkylation sites (N-methyl/N-ethyl adjacent to an activating group) is 1. The molecule has 0 atom stereocenters. The number of nitrogens with zero attached hydrogens (tertiary/aromatic N) is 1. The molecule has 0 saturated heterocycles. The molecule has 7 rings (SSSR count). The Kier molecular flexibility index (Phi) is 6.20. The van der Waals surface area contributed by atoms with Gasteiger partial charge in [-0.15, -0.1) is 0 Å². The Balaban J connectivity index is 1.37. The fourth-order valence-electron chi connectivity index (χ4n) is 6.33. The van der Waals surface area contributed by atoms with Crippen molar-refractivity contribution in [1.29, 1.82) is 0 Å². The van der Waals surface area contributed by atoms with Crippen LogP contribution >= 0.6 is 0 Å². The molecule has 2 aliphatic rings. The van der Waals surface area contributed by atoms with E-state index in [4.69, 9.17) is 5.73 Å². The third kappa shape index (κ3) is 4.31. The number of allylic oxidation sites excluding steroid dienone is 1. The molecule has 0 saturated carbocycles. The number of hydrogen-bond acceptors (Lipinski definition) is 3. The van der Waals surface area contributed by atoms with E-state index >= 15 is 0 Å².